The van der Waals surface area contributed by atoms with Crippen LogP contribution in [0.3, 0.4) is 0 Å². The minimum atomic E-state index is -2.99. The second kappa shape index (κ2) is 8.46. The molecule has 0 saturated heterocycles. The summed E-state index contributed by atoms with van der Waals surface area (Å²) < 4.78 is 40.6. The van der Waals surface area contributed by atoms with Crippen LogP contribution in [0.25, 0.3) is 6.08 Å². The predicted molar refractivity (Wildman–Crippen MR) is 106 cm³/mol. The molecule has 2 heterocycles. The highest BCUT2D eigenvalue weighted by molar-refractivity contribution is 7.10. The smallest absolute Gasteiger partial charge is 0.387 e. The molecular formula is C22H14F2O5S. The van der Waals surface area contributed by atoms with Crippen LogP contribution in [0.1, 0.15) is 20.8 Å². The molecule has 5 nitrogen and oxygen atoms in total. The van der Waals surface area contributed by atoms with Crippen LogP contribution in [0.15, 0.2) is 65.7 Å². The summed E-state index contributed by atoms with van der Waals surface area (Å²) in [5, 5.41) is 1.87. The summed E-state index contributed by atoms with van der Waals surface area (Å²) in [5.41, 5.74) is 0.558. The molecule has 0 bridgehead atoms. The Kier molecular flexibility index (Phi) is 5.58. The lowest BCUT2D eigenvalue weighted by molar-refractivity contribution is -0.133. The topological polar surface area (TPSA) is 61.8 Å². The van der Waals surface area contributed by atoms with E-state index in [0.717, 1.165) is 4.88 Å². The van der Waals surface area contributed by atoms with Crippen LogP contribution in [0.5, 0.6) is 17.2 Å². The molecule has 0 spiro atoms. The zero-order valence-electron chi connectivity index (χ0n) is 15.3. The van der Waals surface area contributed by atoms with Crippen molar-refractivity contribution in [2.24, 2.45) is 0 Å². The summed E-state index contributed by atoms with van der Waals surface area (Å²) in [7, 11) is 0. The Morgan fingerprint density at radius 3 is 2.73 bits per heavy atom. The molecular weight excluding hydrogens is 414 g/mol. The normalized spacial score (nSPS) is 14.0. The number of para-hydroxylation sites is 1. The number of hydrogen-bond donors (Lipinski definition) is 0. The number of esters is 1. The van der Waals surface area contributed by atoms with E-state index in [0.29, 0.717) is 0 Å². The van der Waals surface area contributed by atoms with Crippen molar-refractivity contribution in [3.63, 3.8) is 0 Å². The van der Waals surface area contributed by atoms with Crippen molar-refractivity contribution in [1.29, 1.82) is 0 Å². The number of Topliss-reactive ketones (excluding diaryl/α,β-unsaturated/α-hetero) is 1. The second-order valence-electron chi connectivity index (χ2n) is 6.24. The number of carbonyl (C=O) groups excluding carboxylic acids is 2. The molecule has 0 N–H and O–H groups in total. The van der Waals surface area contributed by atoms with Crippen molar-refractivity contribution in [2.45, 2.75) is 13.0 Å². The van der Waals surface area contributed by atoms with E-state index in [1.165, 1.54) is 47.7 Å². The third-order valence-corrected chi connectivity index (χ3v) is 5.07. The molecule has 0 amide bonds. The Bertz CT molecular complexity index is 1120. The fourth-order valence-corrected chi connectivity index (χ4v) is 3.59. The van der Waals surface area contributed by atoms with Crippen molar-refractivity contribution in [3.05, 3.63) is 81.7 Å². The Morgan fingerprint density at radius 1 is 1.13 bits per heavy atom. The minimum absolute atomic E-state index is 0.0441. The maximum atomic E-state index is 12.6. The van der Waals surface area contributed by atoms with Gasteiger partial charge >= 0.3 is 12.6 Å². The largest absolute Gasteiger partial charge is 0.452 e. The highest BCUT2D eigenvalue weighted by Crippen LogP contribution is 2.36. The van der Waals surface area contributed by atoms with Gasteiger partial charge in [-0.15, -0.1) is 11.3 Å². The number of rotatable bonds is 6. The first-order chi connectivity index (χ1) is 14.5. The van der Waals surface area contributed by atoms with E-state index in [2.05, 4.69) is 4.74 Å². The van der Waals surface area contributed by atoms with Crippen LogP contribution in [-0.2, 0) is 11.2 Å². The lowest BCUT2D eigenvalue weighted by Crippen LogP contribution is -2.10. The maximum absolute atomic E-state index is 12.6. The van der Waals surface area contributed by atoms with Crippen molar-refractivity contribution in [1.82, 2.24) is 0 Å². The van der Waals surface area contributed by atoms with Crippen molar-refractivity contribution in [3.8, 4) is 17.2 Å². The third-order valence-electron chi connectivity index (χ3n) is 4.19. The molecule has 1 aliphatic rings. The van der Waals surface area contributed by atoms with Gasteiger partial charge in [-0.25, -0.2) is 0 Å². The average molecular weight is 428 g/mol. The molecule has 3 aromatic rings. The number of ether oxygens (including phenoxy) is 3. The van der Waals surface area contributed by atoms with Crippen molar-refractivity contribution in [2.75, 3.05) is 0 Å². The summed E-state index contributed by atoms with van der Waals surface area (Å²) in [6, 6.07) is 14.2. The van der Waals surface area contributed by atoms with Gasteiger partial charge in [-0.05, 0) is 35.7 Å². The molecule has 0 radical (unpaired) electrons. The molecule has 0 aliphatic carbocycles. The number of ketones is 1. The maximum Gasteiger partial charge on any atom is 0.387 e. The number of allylic oxidation sites excluding steroid dienone is 1. The van der Waals surface area contributed by atoms with Gasteiger partial charge in [-0.1, -0.05) is 24.3 Å². The van der Waals surface area contributed by atoms with Crippen LogP contribution < -0.4 is 14.2 Å². The van der Waals surface area contributed by atoms with Gasteiger partial charge in [0.25, 0.3) is 0 Å². The number of benzene rings is 2. The van der Waals surface area contributed by atoms with E-state index in [-0.39, 0.29) is 40.6 Å². The fraction of sp³-hybridized carbons (Fsp3) is 0.0909. The van der Waals surface area contributed by atoms with Crippen LogP contribution >= 0.6 is 11.3 Å². The molecule has 1 aromatic heterocycles. The van der Waals surface area contributed by atoms with Gasteiger partial charge in [0.1, 0.15) is 17.2 Å². The summed E-state index contributed by atoms with van der Waals surface area (Å²) in [5.74, 6) is -0.498. The van der Waals surface area contributed by atoms with Gasteiger partial charge in [0.15, 0.2) is 5.76 Å². The molecule has 1 aliphatic heterocycles. The average Bonchev–Trinajstić information content (AvgIpc) is 3.31. The van der Waals surface area contributed by atoms with E-state index < -0.39 is 18.4 Å². The summed E-state index contributed by atoms with van der Waals surface area (Å²) >= 11 is 1.45. The van der Waals surface area contributed by atoms with E-state index in [1.807, 2.05) is 17.5 Å². The molecule has 8 heteroatoms. The highest BCUT2D eigenvalue weighted by Gasteiger charge is 2.28. The highest BCUT2D eigenvalue weighted by atomic mass is 32.1. The Balaban J connectivity index is 1.52. The number of carbonyl (C=O) groups is 2. The van der Waals surface area contributed by atoms with Crippen LogP contribution in [0.2, 0.25) is 0 Å². The quantitative estimate of drug-likeness (QED) is 0.310. The van der Waals surface area contributed by atoms with Crippen molar-refractivity contribution >= 4 is 29.2 Å². The van der Waals surface area contributed by atoms with Gasteiger partial charge in [-0.2, -0.15) is 8.78 Å². The van der Waals surface area contributed by atoms with E-state index in [1.54, 1.807) is 12.1 Å². The number of thiophene rings is 1. The lowest BCUT2D eigenvalue weighted by Gasteiger charge is -2.08. The lowest BCUT2D eigenvalue weighted by atomic mass is 10.1. The van der Waals surface area contributed by atoms with E-state index in [9.17, 15) is 18.4 Å². The summed E-state index contributed by atoms with van der Waals surface area (Å²) in [6.07, 6.45) is 1.48. The number of fused-ring (bicyclic) bond motifs is 1. The molecule has 4 rings (SSSR count). The van der Waals surface area contributed by atoms with Crippen LogP contribution in [0.4, 0.5) is 8.78 Å². The second-order valence-corrected chi connectivity index (χ2v) is 7.28. The van der Waals surface area contributed by atoms with Gasteiger partial charge in [-0.3, -0.25) is 9.59 Å². The summed E-state index contributed by atoms with van der Waals surface area (Å²) in [6.45, 7) is -2.99. The first-order valence-electron chi connectivity index (χ1n) is 8.85. The number of alkyl halides is 2. The first-order valence-corrected chi connectivity index (χ1v) is 9.73. The Morgan fingerprint density at radius 2 is 1.97 bits per heavy atom. The fourth-order valence-electron chi connectivity index (χ4n) is 2.90. The molecule has 152 valence electrons. The van der Waals surface area contributed by atoms with Gasteiger partial charge < -0.3 is 14.2 Å². The van der Waals surface area contributed by atoms with Gasteiger partial charge in [0.05, 0.1) is 12.0 Å². The molecule has 0 fully saturated rings. The summed E-state index contributed by atoms with van der Waals surface area (Å²) in [4.78, 5) is 25.5. The zero-order valence-corrected chi connectivity index (χ0v) is 16.2. The SMILES string of the molecule is O=C(Cc1cccs1)Oc1ccc2c(c1)O/C(=C\c1ccccc1OC(F)F)C2=O. The molecule has 0 unspecified atom stereocenters. The Labute approximate surface area is 174 Å². The van der Waals surface area contributed by atoms with Crippen molar-refractivity contribution < 1.29 is 32.6 Å². The number of hydrogen-bond acceptors (Lipinski definition) is 6. The van der Waals surface area contributed by atoms with E-state index in [4.69, 9.17) is 9.47 Å². The first kappa shape index (κ1) is 19.8. The number of halogens is 2. The predicted octanol–water partition coefficient (Wildman–Crippen LogP) is 5.11. The monoisotopic (exact) mass is 428 g/mol. The minimum Gasteiger partial charge on any atom is -0.452 e. The van der Waals surface area contributed by atoms with Crippen LogP contribution in [0, 0.1) is 0 Å². The van der Waals surface area contributed by atoms with Crippen LogP contribution in [-0.4, -0.2) is 18.4 Å². The standard InChI is InChI=1S/C22H14F2O5S/c23-22(24)29-17-6-2-1-4-13(17)10-19-21(26)16-8-7-14(11-18(16)28-19)27-20(25)12-15-5-3-9-30-15/h1-11,22H,12H2/b19-10-. The van der Waals surface area contributed by atoms with Gasteiger partial charge in [0, 0.05) is 16.5 Å². The third kappa shape index (κ3) is 4.38. The molecule has 2 aromatic carbocycles. The molecule has 0 atom stereocenters. The zero-order chi connectivity index (χ0) is 21.1. The molecule has 30 heavy (non-hydrogen) atoms. The Hall–Kier alpha value is -3.52. The molecule has 0 saturated carbocycles. The van der Waals surface area contributed by atoms with Gasteiger partial charge in [0.2, 0.25) is 5.78 Å². The van der Waals surface area contributed by atoms with E-state index >= 15 is 0 Å².